The predicted molar refractivity (Wildman–Crippen MR) is 116 cm³/mol. The third-order valence-corrected chi connectivity index (χ3v) is 6.92. The first-order chi connectivity index (χ1) is 15.7. The molecule has 0 radical (unpaired) electrons. The zero-order valence-corrected chi connectivity index (χ0v) is 18.3. The normalized spacial score (nSPS) is 17.7. The van der Waals surface area contributed by atoms with Gasteiger partial charge >= 0.3 is 6.18 Å². The molecule has 2 atom stereocenters. The number of aromatic nitrogens is 2. The smallest absolute Gasteiger partial charge is 0.416 e. The second-order valence-electron chi connectivity index (χ2n) is 7.73. The number of benzene rings is 2. The van der Waals surface area contributed by atoms with Gasteiger partial charge in [0, 0.05) is 31.4 Å². The van der Waals surface area contributed by atoms with Crippen LogP contribution in [0.15, 0.2) is 71.9 Å². The number of alkyl halides is 3. The zero-order chi connectivity index (χ0) is 23.5. The van der Waals surface area contributed by atoms with Gasteiger partial charge in [-0.1, -0.05) is 0 Å². The van der Waals surface area contributed by atoms with Gasteiger partial charge in [0.15, 0.2) is 0 Å². The minimum atomic E-state index is -4.43. The summed E-state index contributed by atoms with van der Waals surface area (Å²) in [4.78, 5) is 0.0937. The van der Waals surface area contributed by atoms with Gasteiger partial charge in [-0.05, 0) is 67.6 Å². The molecule has 1 aliphatic heterocycles. The lowest BCUT2D eigenvalue weighted by atomic mass is 10.0. The van der Waals surface area contributed by atoms with Crippen molar-refractivity contribution in [1.29, 1.82) is 0 Å². The average Bonchev–Trinajstić information content (AvgIpc) is 3.51. The minimum absolute atomic E-state index is 0.0113. The predicted octanol–water partition coefficient (Wildman–Crippen LogP) is 3.23. The van der Waals surface area contributed by atoms with Crippen molar-refractivity contribution in [2.75, 3.05) is 19.6 Å². The summed E-state index contributed by atoms with van der Waals surface area (Å²) in [6.07, 6.45) is -0.835. The van der Waals surface area contributed by atoms with E-state index in [1.807, 2.05) is 0 Å². The molecule has 11 heteroatoms. The lowest BCUT2D eigenvalue weighted by Gasteiger charge is -2.25. The van der Waals surface area contributed by atoms with Gasteiger partial charge in [0.1, 0.15) is 11.9 Å². The van der Waals surface area contributed by atoms with Crippen LogP contribution in [-0.2, 0) is 16.2 Å². The maximum absolute atomic E-state index is 12.8. The van der Waals surface area contributed by atoms with Crippen molar-refractivity contribution in [3.05, 3.63) is 72.6 Å². The van der Waals surface area contributed by atoms with Crippen LogP contribution >= 0.6 is 0 Å². The van der Waals surface area contributed by atoms with Crippen LogP contribution in [-0.4, -0.2) is 43.9 Å². The Hall–Kier alpha value is -2.89. The first-order valence-electron chi connectivity index (χ1n) is 10.4. The molecule has 0 aliphatic carbocycles. The summed E-state index contributed by atoms with van der Waals surface area (Å²) in [5.74, 6) is 0.264. The van der Waals surface area contributed by atoms with Crippen molar-refractivity contribution in [3.63, 3.8) is 0 Å². The van der Waals surface area contributed by atoms with Gasteiger partial charge in [0.2, 0.25) is 10.0 Å². The highest BCUT2D eigenvalue weighted by atomic mass is 32.2. The fraction of sp³-hybridized carbons (Fsp3) is 0.318. The van der Waals surface area contributed by atoms with Crippen LogP contribution in [0.5, 0.6) is 5.75 Å². The van der Waals surface area contributed by atoms with E-state index in [4.69, 9.17) is 4.74 Å². The molecule has 1 fully saturated rings. The van der Waals surface area contributed by atoms with Crippen molar-refractivity contribution in [2.45, 2.75) is 23.6 Å². The van der Waals surface area contributed by atoms with Gasteiger partial charge in [-0.3, -0.25) is 0 Å². The van der Waals surface area contributed by atoms with Crippen molar-refractivity contribution in [2.24, 2.45) is 5.92 Å². The molecular weight excluding hydrogens is 457 g/mol. The Bertz CT molecular complexity index is 1140. The second-order valence-corrected chi connectivity index (χ2v) is 9.49. The standard InChI is InChI=1S/C22H23F3N4O3S/c23-22(24,25)17-2-6-19(7-3-17)32-21(16-10-12-26-14-16)15-28-33(30,31)20-8-4-18(5-9-20)29-13-1-11-27-29/h1-9,11,13,16,21,26,28H,10,12,14-15H2/t16-,21+/m0/s1. The summed E-state index contributed by atoms with van der Waals surface area (Å²) >= 11 is 0. The third-order valence-electron chi connectivity index (χ3n) is 5.48. The monoisotopic (exact) mass is 480 g/mol. The summed E-state index contributed by atoms with van der Waals surface area (Å²) in [7, 11) is -3.82. The average molecular weight is 481 g/mol. The summed E-state index contributed by atoms with van der Waals surface area (Å²) in [6.45, 7) is 1.38. The van der Waals surface area contributed by atoms with Crippen LogP contribution in [0.3, 0.4) is 0 Å². The molecule has 0 unspecified atom stereocenters. The van der Waals surface area contributed by atoms with Gasteiger partial charge in [-0.15, -0.1) is 0 Å². The van der Waals surface area contributed by atoms with E-state index in [-0.39, 0.29) is 23.1 Å². The summed E-state index contributed by atoms with van der Waals surface area (Å²) in [5.41, 5.74) is -0.0484. The molecule has 2 aromatic carbocycles. The molecule has 0 saturated carbocycles. The van der Waals surface area contributed by atoms with E-state index in [1.165, 1.54) is 24.3 Å². The maximum Gasteiger partial charge on any atom is 0.416 e. The number of rotatable bonds is 8. The highest BCUT2D eigenvalue weighted by Crippen LogP contribution is 2.31. The summed E-state index contributed by atoms with van der Waals surface area (Å²) < 4.78 is 74.2. The zero-order valence-electron chi connectivity index (χ0n) is 17.5. The molecule has 2 N–H and O–H groups in total. The first-order valence-corrected chi connectivity index (χ1v) is 11.8. The van der Waals surface area contributed by atoms with Crippen LogP contribution in [0.4, 0.5) is 13.2 Å². The van der Waals surface area contributed by atoms with Gasteiger partial charge in [0.25, 0.3) is 0 Å². The largest absolute Gasteiger partial charge is 0.489 e. The van der Waals surface area contributed by atoms with Crippen LogP contribution in [0, 0.1) is 5.92 Å². The van der Waals surface area contributed by atoms with E-state index in [2.05, 4.69) is 15.1 Å². The van der Waals surface area contributed by atoms with Crippen molar-refractivity contribution in [3.8, 4) is 11.4 Å². The van der Waals surface area contributed by atoms with Gasteiger partial charge in [-0.2, -0.15) is 18.3 Å². The molecule has 2 heterocycles. The molecule has 33 heavy (non-hydrogen) atoms. The van der Waals surface area contributed by atoms with E-state index < -0.39 is 27.9 Å². The van der Waals surface area contributed by atoms with Crippen LogP contribution in [0.2, 0.25) is 0 Å². The Morgan fingerprint density at radius 3 is 2.45 bits per heavy atom. The molecule has 0 amide bonds. The molecule has 0 spiro atoms. The molecule has 1 aliphatic rings. The Morgan fingerprint density at radius 1 is 1.15 bits per heavy atom. The molecule has 4 rings (SSSR count). The highest BCUT2D eigenvalue weighted by Gasteiger charge is 2.31. The Morgan fingerprint density at radius 2 is 1.88 bits per heavy atom. The van der Waals surface area contributed by atoms with Crippen LogP contribution in [0.25, 0.3) is 5.69 Å². The Balaban J connectivity index is 1.45. The van der Waals surface area contributed by atoms with E-state index in [0.717, 1.165) is 30.8 Å². The lowest BCUT2D eigenvalue weighted by Crippen LogP contribution is -2.40. The molecule has 3 aromatic rings. The topological polar surface area (TPSA) is 85.3 Å². The van der Waals surface area contributed by atoms with Gasteiger partial charge in [0.05, 0.1) is 16.1 Å². The fourth-order valence-electron chi connectivity index (χ4n) is 3.67. The van der Waals surface area contributed by atoms with Crippen molar-refractivity contribution in [1.82, 2.24) is 19.8 Å². The quantitative estimate of drug-likeness (QED) is 0.517. The number of nitrogens with one attached hydrogen (secondary N) is 2. The SMILES string of the molecule is O=S(=O)(NC[C@@H](Oc1ccc(C(F)(F)F)cc1)[C@H]1CCNC1)c1ccc(-n2cccn2)cc1. The number of ether oxygens (including phenoxy) is 1. The molecular formula is C22H23F3N4O3S. The minimum Gasteiger partial charge on any atom is -0.489 e. The van der Waals surface area contributed by atoms with Gasteiger partial charge in [-0.25, -0.2) is 17.8 Å². The van der Waals surface area contributed by atoms with E-state index in [0.29, 0.717) is 6.54 Å². The van der Waals surface area contributed by atoms with E-state index in [1.54, 1.807) is 35.3 Å². The first kappa shape index (κ1) is 23.3. The number of nitrogens with zero attached hydrogens (tertiary/aromatic N) is 2. The molecule has 176 valence electrons. The number of hydrogen-bond donors (Lipinski definition) is 2. The molecule has 0 bridgehead atoms. The Kier molecular flexibility index (Phi) is 6.73. The van der Waals surface area contributed by atoms with E-state index in [9.17, 15) is 21.6 Å². The fourth-order valence-corrected chi connectivity index (χ4v) is 4.72. The Labute approximate surface area is 189 Å². The number of hydrogen-bond acceptors (Lipinski definition) is 5. The van der Waals surface area contributed by atoms with Crippen LogP contribution in [0.1, 0.15) is 12.0 Å². The third kappa shape index (κ3) is 5.73. The highest BCUT2D eigenvalue weighted by molar-refractivity contribution is 7.89. The number of halogens is 3. The molecule has 1 saturated heterocycles. The van der Waals surface area contributed by atoms with Crippen LogP contribution < -0.4 is 14.8 Å². The van der Waals surface area contributed by atoms with E-state index >= 15 is 0 Å². The molecule has 7 nitrogen and oxygen atoms in total. The van der Waals surface area contributed by atoms with Crippen molar-refractivity contribution >= 4 is 10.0 Å². The summed E-state index contributed by atoms with van der Waals surface area (Å²) in [6, 6.07) is 12.4. The number of sulfonamides is 1. The maximum atomic E-state index is 12.8. The van der Waals surface area contributed by atoms with Gasteiger partial charge < -0.3 is 10.1 Å². The van der Waals surface area contributed by atoms with Crippen molar-refractivity contribution < 1.29 is 26.3 Å². The summed E-state index contributed by atoms with van der Waals surface area (Å²) in [5, 5.41) is 7.31. The molecule has 1 aromatic heterocycles. The second kappa shape index (κ2) is 9.54. The lowest BCUT2D eigenvalue weighted by molar-refractivity contribution is -0.137.